The third-order valence-corrected chi connectivity index (χ3v) is 8.55. The van der Waals surface area contributed by atoms with Crippen molar-refractivity contribution in [3.05, 3.63) is 53.5 Å². The highest BCUT2D eigenvalue weighted by molar-refractivity contribution is 7.89. The van der Waals surface area contributed by atoms with Crippen LogP contribution >= 0.6 is 0 Å². The molecular formula is C25H27F3N6O4S. The fraction of sp³-hybridized carbons (Fsp3) is 0.400. The predicted molar refractivity (Wildman–Crippen MR) is 137 cm³/mol. The normalized spacial score (nSPS) is 16.6. The molecule has 0 unspecified atom stereocenters. The summed E-state index contributed by atoms with van der Waals surface area (Å²) in [6, 6.07) is 6.67. The van der Waals surface area contributed by atoms with E-state index in [1.165, 1.54) is 16.4 Å². The van der Waals surface area contributed by atoms with Crippen molar-refractivity contribution in [3.8, 4) is 11.5 Å². The molecule has 4 aromatic rings. The van der Waals surface area contributed by atoms with Crippen molar-refractivity contribution in [2.24, 2.45) is 0 Å². The second-order valence-corrected chi connectivity index (χ2v) is 11.4. The minimum Gasteiger partial charge on any atom is -0.440 e. The van der Waals surface area contributed by atoms with E-state index in [9.17, 15) is 21.6 Å². The Morgan fingerprint density at radius 3 is 2.49 bits per heavy atom. The van der Waals surface area contributed by atoms with E-state index in [0.29, 0.717) is 42.7 Å². The van der Waals surface area contributed by atoms with Gasteiger partial charge in [-0.15, -0.1) is 0 Å². The first-order valence-electron chi connectivity index (χ1n) is 12.3. The minimum atomic E-state index is -4.53. The Morgan fingerprint density at radius 2 is 1.82 bits per heavy atom. The lowest BCUT2D eigenvalue weighted by Gasteiger charge is -2.35. The molecule has 0 bridgehead atoms. The quantitative estimate of drug-likeness (QED) is 0.350. The molecule has 1 fully saturated rings. The van der Waals surface area contributed by atoms with Gasteiger partial charge in [-0.3, -0.25) is 4.90 Å². The van der Waals surface area contributed by atoms with E-state index in [1.807, 2.05) is 13.8 Å². The average molecular weight is 565 g/mol. The van der Waals surface area contributed by atoms with Gasteiger partial charge in [-0.05, 0) is 45.0 Å². The van der Waals surface area contributed by atoms with Gasteiger partial charge < -0.3 is 14.3 Å². The maximum Gasteiger partial charge on any atom is 0.418 e. The third-order valence-electron chi connectivity index (χ3n) is 6.77. The number of anilines is 1. The molecule has 0 amide bonds. The van der Waals surface area contributed by atoms with Crippen LogP contribution in [0.25, 0.3) is 22.4 Å². The number of aryl methyl sites for hydroxylation is 1. The molecule has 1 aliphatic heterocycles. The lowest BCUT2D eigenvalue weighted by Crippen LogP contribution is -2.50. The van der Waals surface area contributed by atoms with Gasteiger partial charge in [-0.1, -0.05) is 11.2 Å². The summed E-state index contributed by atoms with van der Waals surface area (Å²) in [6.07, 6.45) is -3.41. The van der Waals surface area contributed by atoms with Gasteiger partial charge in [0.1, 0.15) is 12.1 Å². The lowest BCUT2D eigenvalue weighted by molar-refractivity contribution is -0.136. The highest BCUT2D eigenvalue weighted by atomic mass is 32.2. The van der Waals surface area contributed by atoms with E-state index in [0.717, 1.165) is 18.0 Å². The molecule has 0 aliphatic carbocycles. The maximum absolute atomic E-state index is 13.4. The van der Waals surface area contributed by atoms with Crippen LogP contribution in [0.2, 0.25) is 0 Å². The number of rotatable bonds is 7. The van der Waals surface area contributed by atoms with Crippen LogP contribution in [0, 0.1) is 13.8 Å². The Bertz CT molecular complexity index is 1590. The van der Waals surface area contributed by atoms with Crippen molar-refractivity contribution < 1.29 is 30.5 Å². The molecule has 0 spiro atoms. The summed E-state index contributed by atoms with van der Waals surface area (Å²) in [5, 5.41) is 7.18. The summed E-state index contributed by atoms with van der Waals surface area (Å²) in [7, 11) is -3.84. The van der Waals surface area contributed by atoms with E-state index in [2.05, 4.69) is 25.3 Å². The van der Waals surface area contributed by atoms with Gasteiger partial charge in [-0.25, -0.2) is 18.4 Å². The van der Waals surface area contributed by atoms with Crippen LogP contribution in [0.15, 0.2) is 50.7 Å². The van der Waals surface area contributed by atoms with E-state index < -0.39 is 21.8 Å². The van der Waals surface area contributed by atoms with E-state index in [4.69, 9.17) is 8.94 Å². The van der Waals surface area contributed by atoms with Crippen molar-refractivity contribution in [2.45, 2.75) is 38.1 Å². The van der Waals surface area contributed by atoms with E-state index >= 15 is 0 Å². The van der Waals surface area contributed by atoms with Crippen LogP contribution in [-0.4, -0.2) is 71.5 Å². The summed E-state index contributed by atoms with van der Waals surface area (Å²) in [6.45, 7) is 7.51. The van der Waals surface area contributed by atoms with E-state index in [1.54, 1.807) is 19.1 Å². The average Bonchev–Trinajstić information content (AvgIpc) is 3.51. The number of aromatic nitrogens is 3. The smallest absolute Gasteiger partial charge is 0.418 e. The molecule has 0 saturated carbocycles. The number of piperazine rings is 1. The molecule has 1 aliphatic rings. The molecule has 39 heavy (non-hydrogen) atoms. The Hall–Kier alpha value is -3.49. The number of nitrogens with zero attached hydrogens (tertiary/aromatic N) is 5. The van der Waals surface area contributed by atoms with Crippen LogP contribution in [0.1, 0.15) is 23.7 Å². The van der Waals surface area contributed by atoms with Crippen molar-refractivity contribution in [1.82, 2.24) is 24.3 Å². The summed E-state index contributed by atoms with van der Waals surface area (Å²) < 4.78 is 78.8. The number of hydrogen-bond acceptors (Lipinski definition) is 9. The summed E-state index contributed by atoms with van der Waals surface area (Å²) in [5.41, 5.74) is 0.499. The fourth-order valence-electron chi connectivity index (χ4n) is 4.60. The molecule has 0 radical (unpaired) electrons. The maximum atomic E-state index is 13.4. The van der Waals surface area contributed by atoms with Gasteiger partial charge in [-0.2, -0.15) is 17.5 Å². The van der Waals surface area contributed by atoms with Gasteiger partial charge >= 0.3 is 6.18 Å². The predicted octanol–water partition coefficient (Wildman–Crippen LogP) is 4.32. The Kier molecular flexibility index (Phi) is 7.11. The monoisotopic (exact) mass is 564 g/mol. The van der Waals surface area contributed by atoms with Crippen LogP contribution < -0.4 is 5.32 Å². The zero-order valence-corrected chi connectivity index (χ0v) is 22.3. The highest BCUT2D eigenvalue weighted by Gasteiger charge is 2.34. The first kappa shape index (κ1) is 27.1. The van der Waals surface area contributed by atoms with Crippen molar-refractivity contribution >= 4 is 26.7 Å². The lowest BCUT2D eigenvalue weighted by atomic mass is 10.1. The van der Waals surface area contributed by atoms with Crippen molar-refractivity contribution in [1.29, 1.82) is 0 Å². The molecule has 208 valence electrons. The molecule has 1 saturated heterocycles. The standard InChI is InChI=1S/C25H27F3N6O4S/c1-15(31-24-18-5-4-6-19(25(26,27)28)22(18)29-14-30-24)13-33-9-11-34(12-10-33)39(35,36)21-8-7-20(37-21)23-16(2)17(3)32-38-23/h4-8,14-15H,9-13H2,1-3H3,(H,29,30,31)/t15-/m0/s1. The fourth-order valence-corrected chi connectivity index (χ4v) is 5.94. The molecule has 1 atom stereocenters. The number of furan rings is 1. The summed E-state index contributed by atoms with van der Waals surface area (Å²) in [4.78, 5) is 10.1. The molecule has 4 heterocycles. The third kappa shape index (κ3) is 5.36. The van der Waals surface area contributed by atoms with Crippen LogP contribution in [0.4, 0.5) is 19.0 Å². The second-order valence-electron chi connectivity index (χ2n) is 9.51. The molecule has 1 aromatic carbocycles. The number of benzene rings is 1. The SMILES string of the molecule is Cc1noc(-c2ccc(S(=O)(=O)N3CCN(C[C@H](C)Nc4ncnc5c(C(F)(F)F)cccc45)CC3)o2)c1C. The number of alkyl halides is 3. The van der Waals surface area contributed by atoms with Crippen molar-refractivity contribution in [3.63, 3.8) is 0 Å². The zero-order chi connectivity index (χ0) is 27.9. The van der Waals surface area contributed by atoms with Gasteiger partial charge in [0.05, 0.1) is 16.8 Å². The molecule has 14 heteroatoms. The number of nitrogens with one attached hydrogen (secondary N) is 1. The molecule has 10 nitrogen and oxygen atoms in total. The molecular weight excluding hydrogens is 537 g/mol. The number of halogens is 3. The summed E-state index contributed by atoms with van der Waals surface area (Å²) >= 11 is 0. The number of fused-ring (bicyclic) bond motifs is 1. The number of para-hydroxylation sites is 1. The van der Waals surface area contributed by atoms with Gasteiger partial charge in [0.25, 0.3) is 10.0 Å². The van der Waals surface area contributed by atoms with Crippen LogP contribution in [0.5, 0.6) is 0 Å². The topological polar surface area (TPSA) is 118 Å². The molecule has 3 aromatic heterocycles. The Morgan fingerprint density at radius 1 is 1.08 bits per heavy atom. The first-order chi connectivity index (χ1) is 18.4. The van der Waals surface area contributed by atoms with Crippen LogP contribution in [0.3, 0.4) is 0 Å². The second kappa shape index (κ2) is 10.2. The summed E-state index contributed by atoms with van der Waals surface area (Å²) in [5.74, 6) is 1.00. The Labute approximate surface area is 222 Å². The minimum absolute atomic E-state index is 0.164. The van der Waals surface area contributed by atoms with Gasteiger partial charge in [0, 0.05) is 49.7 Å². The van der Waals surface area contributed by atoms with Gasteiger partial charge in [0.2, 0.25) is 10.9 Å². The largest absolute Gasteiger partial charge is 0.440 e. The first-order valence-corrected chi connectivity index (χ1v) is 13.7. The number of sulfonamides is 1. The molecule has 1 N–H and O–H groups in total. The Balaban J connectivity index is 1.21. The van der Waals surface area contributed by atoms with E-state index in [-0.39, 0.29) is 35.1 Å². The number of hydrogen-bond donors (Lipinski definition) is 1. The van der Waals surface area contributed by atoms with Crippen molar-refractivity contribution in [2.75, 3.05) is 38.0 Å². The van der Waals surface area contributed by atoms with Gasteiger partial charge in [0.15, 0.2) is 5.76 Å². The highest BCUT2D eigenvalue weighted by Crippen LogP contribution is 2.35. The van der Waals surface area contributed by atoms with Crippen LogP contribution in [-0.2, 0) is 16.2 Å². The zero-order valence-electron chi connectivity index (χ0n) is 21.5. The molecule has 5 rings (SSSR count).